The fraction of sp³-hybridized carbons (Fsp3) is 0.190. The van der Waals surface area contributed by atoms with Gasteiger partial charge in [-0.25, -0.2) is 9.97 Å². The minimum atomic E-state index is -0.175. The van der Waals surface area contributed by atoms with Gasteiger partial charge in [0.05, 0.1) is 0 Å². The quantitative estimate of drug-likeness (QED) is 0.745. The second kappa shape index (κ2) is 7.78. The molecule has 3 rings (SSSR count). The predicted molar refractivity (Wildman–Crippen MR) is 105 cm³/mol. The number of carbonyl (C=O) groups excluding carboxylic acids is 1. The van der Waals surface area contributed by atoms with E-state index in [1.165, 1.54) is 5.56 Å². The number of hydrogen-bond acceptors (Lipinski definition) is 4. The number of amides is 1. The molecule has 3 aromatic rings. The average Bonchev–Trinajstić information content (AvgIpc) is 2.67. The molecule has 0 aliphatic carbocycles. The van der Waals surface area contributed by atoms with Crippen molar-refractivity contribution in [1.82, 2.24) is 9.97 Å². The fourth-order valence-electron chi connectivity index (χ4n) is 2.65. The highest BCUT2D eigenvalue weighted by molar-refractivity contribution is 6.04. The summed E-state index contributed by atoms with van der Waals surface area (Å²) in [6.45, 7) is 3.90. The lowest BCUT2D eigenvalue weighted by atomic mass is 10.1. The first-order chi connectivity index (χ1) is 12.6. The average molecular weight is 346 g/mol. The number of hydrogen-bond donors (Lipinski definition) is 1. The number of anilines is 3. The lowest BCUT2D eigenvalue weighted by Crippen LogP contribution is -2.27. The Morgan fingerprint density at radius 1 is 1.04 bits per heavy atom. The van der Waals surface area contributed by atoms with E-state index in [1.807, 2.05) is 42.5 Å². The van der Waals surface area contributed by atoms with Crippen LogP contribution in [0.1, 0.15) is 28.8 Å². The van der Waals surface area contributed by atoms with Gasteiger partial charge in [0.1, 0.15) is 17.3 Å². The van der Waals surface area contributed by atoms with Crippen molar-refractivity contribution < 1.29 is 4.79 Å². The van der Waals surface area contributed by atoms with Crippen LogP contribution in [0.25, 0.3) is 0 Å². The van der Waals surface area contributed by atoms with Crippen molar-refractivity contribution in [3.05, 3.63) is 77.7 Å². The van der Waals surface area contributed by atoms with E-state index in [-0.39, 0.29) is 5.91 Å². The minimum absolute atomic E-state index is 0.175. The number of para-hydroxylation sites is 1. The third kappa shape index (κ3) is 4.06. The number of aromatic nitrogens is 2. The molecule has 26 heavy (non-hydrogen) atoms. The normalized spacial score (nSPS) is 10.4. The minimum Gasteiger partial charge on any atom is -0.340 e. The van der Waals surface area contributed by atoms with Crippen LogP contribution in [-0.2, 0) is 6.42 Å². The lowest BCUT2D eigenvalue weighted by molar-refractivity contribution is 0.0988. The summed E-state index contributed by atoms with van der Waals surface area (Å²) in [7, 11) is 1.74. The summed E-state index contributed by atoms with van der Waals surface area (Å²) in [6.07, 6.45) is 0.997. The van der Waals surface area contributed by atoms with Crippen LogP contribution < -0.4 is 10.2 Å². The van der Waals surface area contributed by atoms with E-state index in [1.54, 1.807) is 24.9 Å². The Morgan fingerprint density at radius 2 is 1.73 bits per heavy atom. The van der Waals surface area contributed by atoms with Crippen LogP contribution in [-0.4, -0.2) is 22.9 Å². The van der Waals surface area contributed by atoms with Crippen LogP contribution in [0.4, 0.5) is 17.2 Å². The van der Waals surface area contributed by atoms with Crippen molar-refractivity contribution in [2.75, 3.05) is 17.3 Å². The van der Waals surface area contributed by atoms with Crippen molar-refractivity contribution in [2.24, 2.45) is 0 Å². The largest absolute Gasteiger partial charge is 0.340 e. The number of nitrogens with zero attached hydrogens (tertiary/aromatic N) is 3. The molecular weight excluding hydrogens is 324 g/mol. The highest BCUT2D eigenvalue weighted by Gasteiger charge is 2.16. The highest BCUT2D eigenvalue weighted by Crippen LogP contribution is 2.19. The van der Waals surface area contributed by atoms with Crippen molar-refractivity contribution in [2.45, 2.75) is 20.3 Å². The Hall–Kier alpha value is -3.21. The van der Waals surface area contributed by atoms with Crippen molar-refractivity contribution >= 4 is 23.1 Å². The van der Waals surface area contributed by atoms with Crippen LogP contribution >= 0.6 is 0 Å². The Morgan fingerprint density at radius 3 is 2.38 bits per heavy atom. The molecule has 5 heteroatoms. The maximum Gasteiger partial charge on any atom is 0.276 e. The molecule has 0 unspecified atom stereocenters. The molecule has 0 atom stereocenters. The zero-order valence-corrected chi connectivity index (χ0v) is 15.2. The molecule has 2 aromatic carbocycles. The first-order valence-corrected chi connectivity index (χ1v) is 8.61. The standard InChI is InChI=1S/C21H22N4O/c1-4-16-10-12-17(13-11-16)24-20-14-19(22-15(2)23-20)21(26)25(3)18-8-6-5-7-9-18/h5-14H,4H2,1-3H3,(H,22,23,24). The van der Waals surface area contributed by atoms with Gasteiger partial charge in [-0.05, 0) is 43.2 Å². The second-order valence-electron chi connectivity index (χ2n) is 6.06. The van der Waals surface area contributed by atoms with E-state index in [4.69, 9.17) is 0 Å². The number of aryl methyl sites for hydroxylation is 2. The SMILES string of the molecule is CCc1ccc(Nc2cc(C(=O)N(C)c3ccccc3)nc(C)n2)cc1. The van der Waals surface area contributed by atoms with Gasteiger partial charge in [-0.2, -0.15) is 0 Å². The van der Waals surface area contributed by atoms with Crippen molar-refractivity contribution in [3.63, 3.8) is 0 Å². The maximum atomic E-state index is 12.8. The molecule has 0 spiro atoms. The van der Waals surface area contributed by atoms with Crippen molar-refractivity contribution in [3.8, 4) is 0 Å². The molecule has 0 saturated carbocycles. The molecule has 0 bridgehead atoms. The van der Waals surface area contributed by atoms with Gasteiger partial charge < -0.3 is 10.2 Å². The Kier molecular flexibility index (Phi) is 5.27. The Bertz CT molecular complexity index is 892. The molecule has 5 nitrogen and oxygen atoms in total. The number of benzene rings is 2. The molecule has 0 fully saturated rings. The summed E-state index contributed by atoms with van der Waals surface area (Å²) < 4.78 is 0. The first kappa shape index (κ1) is 17.6. The molecule has 0 aliphatic heterocycles. The van der Waals surface area contributed by atoms with E-state index in [0.717, 1.165) is 17.8 Å². The predicted octanol–water partition coefficient (Wildman–Crippen LogP) is 4.37. The summed E-state index contributed by atoms with van der Waals surface area (Å²) in [5, 5.41) is 3.25. The van der Waals surface area contributed by atoms with E-state index in [9.17, 15) is 4.79 Å². The molecule has 0 saturated heterocycles. The molecule has 1 aromatic heterocycles. The second-order valence-corrected chi connectivity index (χ2v) is 6.06. The fourth-order valence-corrected chi connectivity index (χ4v) is 2.65. The van der Waals surface area contributed by atoms with E-state index >= 15 is 0 Å². The van der Waals surface area contributed by atoms with Crippen LogP contribution in [0.5, 0.6) is 0 Å². The van der Waals surface area contributed by atoms with Gasteiger partial charge in [0.2, 0.25) is 0 Å². The van der Waals surface area contributed by atoms with Gasteiger partial charge in [0, 0.05) is 24.5 Å². The Labute approximate surface area is 153 Å². The number of carbonyl (C=O) groups is 1. The third-order valence-corrected chi connectivity index (χ3v) is 4.14. The zero-order chi connectivity index (χ0) is 18.5. The lowest BCUT2D eigenvalue weighted by Gasteiger charge is -2.17. The molecule has 1 amide bonds. The zero-order valence-electron chi connectivity index (χ0n) is 15.2. The molecule has 0 aliphatic rings. The summed E-state index contributed by atoms with van der Waals surface area (Å²) in [4.78, 5) is 23.1. The smallest absolute Gasteiger partial charge is 0.276 e. The maximum absolute atomic E-state index is 12.8. The molecule has 1 heterocycles. The van der Waals surface area contributed by atoms with Gasteiger partial charge in [-0.1, -0.05) is 37.3 Å². The third-order valence-electron chi connectivity index (χ3n) is 4.14. The van der Waals surface area contributed by atoms with E-state index in [0.29, 0.717) is 17.3 Å². The van der Waals surface area contributed by atoms with Crippen LogP contribution in [0.15, 0.2) is 60.7 Å². The molecular formula is C21H22N4O. The molecule has 132 valence electrons. The van der Waals surface area contributed by atoms with E-state index in [2.05, 4.69) is 34.3 Å². The van der Waals surface area contributed by atoms with E-state index < -0.39 is 0 Å². The monoisotopic (exact) mass is 346 g/mol. The van der Waals surface area contributed by atoms with Gasteiger partial charge in [0.25, 0.3) is 5.91 Å². The summed E-state index contributed by atoms with van der Waals surface area (Å²) in [5.74, 6) is 0.975. The summed E-state index contributed by atoms with van der Waals surface area (Å²) in [5.41, 5.74) is 3.37. The van der Waals surface area contributed by atoms with Crippen LogP contribution in [0.3, 0.4) is 0 Å². The highest BCUT2D eigenvalue weighted by atomic mass is 16.2. The van der Waals surface area contributed by atoms with Gasteiger partial charge in [-0.15, -0.1) is 0 Å². The van der Waals surface area contributed by atoms with Crippen LogP contribution in [0.2, 0.25) is 0 Å². The molecule has 1 N–H and O–H groups in total. The summed E-state index contributed by atoms with van der Waals surface area (Å²) >= 11 is 0. The Balaban J connectivity index is 1.83. The van der Waals surface area contributed by atoms with Crippen molar-refractivity contribution in [1.29, 1.82) is 0 Å². The van der Waals surface area contributed by atoms with Crippen LogP contribution in [0, 0.1) is 6.92 Å². The summed E-state index contributed by atoms with van der Waals surface area (Å²) in [6, 6.07) is 19.3. The van der Waals surface area contributed by atoms with Gasteiger partial charge in [0.15, 0.2) is 0 Å². The number of nitrogens with one attached hydrogen (secondary N) is 1. The van der Waals surface area contributed by atoms with Gasteiger partial charge in [-0.3, -0.25) is 4.79 Å². The topological polar surface area (TPSA) is 58.1 Å². The first-order valence-electron chi connectivity index (χ1n) is 8.61. The number of rotatable bonds is 5. The van der Waals surface area contributed by atoms with Gasteiger partial charge >= 0.3 is 0 Å². The molecule has 0 radical (unpaired) electrons.